The molecular weight excluding hydrogens is 530 g/mol. The third-order valence-electron chi connectivity index (χ3n) is 8.96. The maximum absolute atomic E-state index is 6.47. The van der Waals surface area contributed by atoms with E-state index in [1.165, 1.54) is 11.1 Å². The lowest BCUT2D eigenvalue weighted by Gasteiger charge is -2.28. The second-order valence-electron chi connectivity index (χ2n) is 12.7. The molecule has 0 aliphatic carbocycles. The van der Waals surface area contributed by atoms with Crippen LogP contribution in [0, 0.1) is 0 Å². The molecule has 2 heterocycles. The topological polar surface area (TPSA) is 78.1 Å². The Bertz CT molecular complexity index is 1940. The molecule has 5 heteroatoms. The van der Waals surface area contributed by atoms with Gasteiger partial charge in [-0.2, -0.15) is 0 Å². The highest BCUT2D eigenvalue weighted by Gasteiger charge is 2.28. The van der Waals surface area contributed by atoms with Crippen LogP contribution in [0.1, 0.15) is 76.6 Å². The smallest absolute Gasteiger partial charge is 0.227 e. The molecule has 0 amide bonds. The van der Waals surface area contributed by atoms with E-state index in [2.05, 4.69) is 107 Å². The molecule has 2 N–H and O–H groups in total. The van der Waals surface area contributed by atoms with Crippen LogP contribution in [-0.2, 0) is 10.8 Å². The summed E-state index contributed by atoms with van der Waals surface area (Å²) in [6.07, 6.45) is 6.28. The van der Waals surface area contributed by atoms with E-state index in [-0.39, 0.29) is 10.8 Å². The number of hydrogen-bond donors (Lipinski definition) is 1. The molecule has 0 atom stereocenters. The van der Waals surface area contributed by atoms with Crippen LogP contribution in [0.15, 0.2) is 87.7 Å². The summed E-state index contributed by atoms with van der Waals surface area (Å²) in [6, 6.07) is 26.6. The maximum atomic E-state index is 6.47. The molecule has 0 fully saturated rings. The van der Waals surface area contributed by atoms with Crippen molar-refractivity contribution >= 4 is 40.0 Å². The van der Waals surface area contributed by atoms with E-state index in [0.29, 0.717) is 23.1 Å². The summed E-state index contributed by atoms with van der Waals surface area (Å²) in [7, 11) is 0. The molecule has 0 saturated heterocycles. The van der Waals surface area contributed by atoms with Gasteiger partial charge in [-0.3, -0.25) is 0 Å². The largest absolute Gasteiger partial charge is 0.436 e. The van der Waals surface area contributed by atoms with Crippen LogP contribution < -0.4 is 5.73 Å². The average molecular weight is 570 g/mol. The summed E-state index contributed by atoms with van der Waals surface area (Å²) < 4.78 is 12.4. The first-order valence-corrected chi connectivity index (χ1v) is 15.1. The summed E-state index contributed by atoms with van der Waals surface area (Å²) >= 11 is 0. The zero-order chi connectivity index (χ0) is 30.4. The minimum absolute atomic E-state index is 0.0150. The van der Waals surface area contributed by atoms with Crippen LogP contribution in [-0.4, -0.2) is 9.97 Å². The predicted molar refractivity (Wildman–Crippen MR) is 179 cm³/mol. The van der Waals surface area contributed by atoms with Crippen LogP contribution in [0.4, 0.5) is 5.69 Å². The van der Waals surface area contributed by atoms with Crippen LogP contribution in [0.3, 0.4) is 0 Å². The molecule has 0 aliphatic rings. The summed E-state index contributed by atoms with van der Waals surface area (Å²) in [5.74, 6) is 1.24. The second-order valence-corrected chi connectivity index (χ2v) is 12.7. The fraction of sp³-hybridized carbons (Fsp3) is 0.263. The average Bonchev–Trinajstić information content (AvgIpc) is 3.64. The number of hydrogen-bond acceptors (Lipinski definition) is 5. The van der Waals surface area contributed by atoms with Crippen molar-refractivity contribution in [2.45, 2.75) is 65.2 Å². The first-order valence-electron chi connectivity index (χ1n) is 15.1. The Kier molecular flexibility index (Phi) is 7.21. The number of rotatable bonds is 8. The van der Waals surface area contributed by atoms with Gasteiger partial charge in [-0.15, -0.1) is 0 Å². The number of anilines is 1. The quantitative estimate of drug-likeness (QED) is 0.146. The molecule has 6 rings (SSSR count). The van der Waals surface area contributed by atoms with Crippen molar-refractivity contribution in [3.63, 3.8) is 0 Å². The number of oxazole rings is 2. The fourth-order valence-corrected chi connectivity index (χ4v) is 5.17. The molecule has 5 nitrogen and oxygen atoms in total. The van der Waals surface area contributed by atoms with Gasteiger partial charge in [0, 0.05) is 28.4 Å². The first kappa shape index (κ1) is 28.5. The number of nitrogens with zero attached hydrogens (tertiary/aromatic N) is 2. The van der Waals surface area contributed by atoms with Gasteiger partial charge in [0.2, 0.25) is 11.8 Å². The van der Waals surface area contributed by atoms with Crippen LogP contribution in [0.5, 0.6) is 0 Å². The second kappa shape index (κ2) is 10.9. The molecule has 0 saturated carbocycles. The molecule has 218 valence electrons. The van der Waals surface area contributed by atoms with E-state index in [9.17, 15) is 0 Å². The highest BCUT2D eigenvalue weighted by molar-refractivity contribution is 5.82. The van der Waals surface area contributed by atoms with Gasteiger partial charge in [-0.05, 0) is 82.8 Å². The van der Waals surface area contributed by atoms with Crippen molar-refractivity contribution in [3.8, 4) is 22.9 Å². The molecule has 0 bridgehead atoms. The molecule has 2 aromatic heterocycles. The van der Waals surface area contributed by atoms with Crippen LogP contribution >= 0.6 is 0 Å². The minimum atomic E-state index is -0.0150. The Labute approximate surface area is 253 Å². The monoisotopic (exact) mass is 569 g/mol. The van der Waals surface area contributed by atoms with E-state index in [1.807, 2.05) is 24.3 Å². The van der Waals surface area contributed by atoms with Gasteiger partial charge in [0.05, 0.1) is 0 Å². The van der Waals surface area contributed by atoms with E-state index in [0.717, 1.165) is 51.7 Å². The normalized spacial score (nSPS) is 12.6. The number of aromatic nitrogens is 2. The van der Waals surface area contributed by atoms with Crippen LogP contribution in [0.2, 0.25) is 0 Å². The van der Waals surface area contributed by atoms with Gasteiger partial charge < -0.3 is 14.6 Å². The number of nitrogens with two attached hydrogens (primary N) is 1. The molecule has 0 radical (unpaired) electrons. The molecular formula is C38H39N3O2. The van der Waals surface area contributed by atoms with Gasteiger partial charge in [-0.25, -0.2) is 9.97 Å². The Morgan fingerprint density at radius 1 is 0.651 bits per heavy atom. The molecule has 4 aromatic carbocycles. The standard InChI is InChI=1S/C38H39N3O2/c1-7-37(3,4)28-21-30(38(5,6)8-2)34-32(22-28)41-36(43-34)27-17-13-25(14-18-27)10-9-24-11-15-26(16-12-24)35-40-31-20-19-29(39)23-33(31)42-35/h9-23H,7-8,39H2,1-6H3/b10-9+. The highest BCUT2D eigenvalue weighted by Crippen LogP contribution is 2.39. The van der Waals surface area contributed by atoms with Crippen molar-refractivity contribution in [2.75, 3.05) is 5.73 Å². The number of nitrogen functional groups attached to an aromatic ring is 1. The molecule has 43 heavy (non-hydrogen) atoms. The lowest BCUT2D eigenvalue weighted by molar-refractivity contribution is 0.484. The van der Waals surface area contributed by atoms with Crippen molar-refractivity contribution in [1.29, 1.82) is 0 Å². The van der Waals surface area contributed by atoms with Gasteiger partial charge in [-0.1, -0.05) is 84.0 Å². The van der Waals surface area contributed by atoms with Crippen molar-refractivity contribution < 1.29 is 8.83 Å². The van der Waals surface area contributed by atoms with E-state index in [4.69, 9.17) is 19.6 Å². The summed E-state index contributed by atoms with van der Waals surface area (Å²) in [4.78, 5) is 9.55. The number of fused-ring (bicyclic) bond motifs is 2. The third-order valence-corrected chi connectivity index (χ3v) is 8.96. The van der Waals surface area contributed by atoms with Gasteiger partial charge in [0.1, 0.15) is 11.0 Å². The Morgan fingerprint density at radius 3 is 1.79 bits per heavy atom. The SMILES string of the molecule is CCC(C)(C)c1cc(C(C)(C)CC)c2oc(-c3ccc(/C=C/c4ccc(-c5nc6ccc(N)cc6o5)cc4)cc3)nc2c1. The first-order chi connectivity index (χ1) is 20.6. The van der Waals surface area contributed by atoms with Crippen molar-refractivity contribution in [2.24, 2.45) is 0 Å². The van der Waals surface area contributed by atoms with Gasteiger partial charge in [0.15, 0.2) is 11.2 Å². The van der Waals surface area contributed by atoms with Gasteiger partial charge in [0.25, 0.3) is 0 Å². The highest BCUT2D eigenvalue weighted by atomic mass is 16.4. The molecule has 0 unspecified atom stereocenters. The Morgan fingerprint density at radius 2 is 1.21 bits per heavy atom. The van der Waals surface area contributed by atoms with E-state index >= 15 is 0 Å². The predicted octanol–water partition coefficient (Wildman–Crippen LogP) is 10.4. The summed E-state index contributed by atoms with van der Waals surface area (Å²) in [5, 5.41) is 0. The van der Waals surface area contributed by atoms with Crippen molar-refractivity contribution in [1.82, 2.24) is 9.97 Å². The Balaban J connectivity index is 1.23. The number of benzene rings is 4. The Hall–Kier alpha value is -4.64. The summed E-state index contributed by atoms with van der Waals surface area (Å²) in [6.45, 7) is 13.6. The molecule has 0 spiro atoms. The fourth-order valence-electron chi connectivity index (χ4n) is 5.17. The third kappa shape index (κ3) is 5.60. The minimum Gasteiger partial charge on any atom is -0.436 e. The van der Waals surface area contributed by atoms with Crippen molar-refractivity contribution in [3.05, 3.63) is 101 Å². The van der Waals surface area contributed by atoms with E-state index in [1.54, 1.807) is 6.07 Å². The van der Waals surface area contributed by atoms with E-state index < -0.39 is 0 Å². The summed E-state index contributed by atoms with van der Waals surface area (Å²) in [5.41, 5.74) is 16.5. The lowest BCUT2D eigenvalue weighted by atomic mass is 9.76. The zero-order valence-corrected chi connectivity index (χ0v) is 25.9. The molecule has 6 aromatic rings. The van der Waals surface area contributed by atoms with Crippen LogP contribution in [0.25, 0.3) is 57.3 Å². The zero-order valence-electron chi connectivity index (χ0n) is 25.9. The lowest BCUT2D eigenvalue weighted by Crippen LogP contribution is -2.20. The maximum Gasteiger partial charge on any atom is 0.227 e. The molecule has 0 aliphatic heterocycles. The van der Waals surface area contributed by atoms with Gasteiger partial charge >= 0.3 is 0 Å².